The van der Waals surface area contributed by atoms with Crippen molar-refractivity contribution in [3.8, 4) is 11.8 Å². The Morgan fingerprint density at radius 2 is 2.33 bits per heavy atom. The third-order valence-electron chi connectivity index (χ3n) is 1.64. The largest absolute Gasteiger partial charge is 0.468 e. The monoisotopic (exact) mass is 205 g/mol. The lowest BCUT2D eigenvalue weighted by atomic mass is 10.2. The zero-order valence-electron chi connectivity index (χ0n) is 8.28. The first-order chi connectivity index (χ1) is 7.13. The van der Waals surface area contributed by atoms with E-state index >= 15 is 0 Å². The lowest BCUT2D eigenvalue weighted by Gasteiger charge is -1.97. The van der Waals surface area contributed by atoms with Crippen molar-refractivity contribution in [1.82, 2.24) is 4.98 Å². The van der Waals surface area contributed by atoms with E-state index in [0.29, 0.717) is 11.3 Å². The van der Waals surface area contributed by atoms with Crippen LogP contribution >= 0.6 is 0 Å². The number of hydrogen-bond donors (Lipinski definition) is 2. The minimum Gasteiger partial charge on any atom is -0.468 e. The molecule has 5 heteroatoms. The number of rotatable bonds is 1. The molecular weight excluding hydrogens is 194 g/mol. The molecule has 78 valence electrons. The third-order valence-corrected chi connectivity index (χ3v) is 1.64. The van der Waals surface area contributed by atoms with Gasteiger partial charge in [0.15, 0.2) is 0 Å². The summed E-state index contributed by atoms with van der Waals surface area (Å²) >= 11 is 0. The van der Waals surface area contributed by atoms with Crippen LogP contribution in [0.3, 0.4) is 0 Å². The fourth-order valence-electron chi connectivity index (χ4n) is 0.851. The van der Waals surface area contributed by atoms with Gasteiger partial charge in [0.25, 0.3) is 0 Å². The summed E-state index contributed by atoms with van der Waals surface area (Å²) < 4.78 is 4.43. The van der Waals surface area contributed by atoms with Crippen LogP contribution in [0.15, 0.2) is 12.3 Å². The van der Waals surface area contributed by atoms with E-state index in [4.69, 9.17) is 11.5 Å². The number of aromatic nitrogens is 1. The number of nitrogens with two attached hydrogens (primary N) is 2. The molecule has 1 aromatic rings. The molecular formula is C10H11N3O2. The maximum absolute atomic E-state index is 10.7. The Balaban J connectivity index is 2.72. The summed E-state index contributed by atoms with van der Waals surface area (Å²) in [5.41, 5.74) is 12.0. The SMILES string of the molecule is COC(=O)CC#Cc1cnc(N)c(N)c1. The van der Waals surface area contributed by atoms with Crippen LogP contribution in [0.4, 0.5) is 11.5 Å². The second-order valence-corrected chi connectivity index (χ2v) is 2.75. The van der Waals surface area contributed by atoms with Gasteiger partial charge in [0.1, 0.15) is 12.2 Å². The first-order valence-electron chi connectivity index (χ1n) is 4.20. The molecule has 0 saturated carbocycles. The smallest absolute Gasteiger partial charge is 0.317 e. The lowest BCUT2D eigenvalue weighted by molar-refractivity contribution is -0.139. The molecule has 0 aliphatic heterocycles. The molecule has 15 heavy (non-hydrogen) atoms. The molecule has 0 fully saturated rings. The zero-order valence-corrected chi connectivity index (χ0v) is 8.28. The number of carbonyl (C=O) groups is 1. The molecule has 0 bridgehead atoms. The number of hydrogen-bond acceptors (Lipinski definition) is 5. The average Bonchev–Trinajstić information content (AvgIpc) is 2.23. The minimum atomic E-state index is -0.376. The van der Waals surface area contributed by atoms with E-state index in [-0.39, 0.29) is 18.2 Å². The maximum atomic E-state index is 10.7. The molecule has 0 aromatic carbocycles. The van der Waals surface area contributed by atoms with E-state index in [0.717, 1.165) is 0 Å². The van der Waals surface area contributed by atoms with Crippen molar-refractivity contribution in [3.05, 3.63) is 17.8 Å². The number of ether oxygens (including phenoxy) is 1. The summed E-state index contributed by atoms with van der Waals surface area (Å²) in [6, 6.07) is 1.60. The highest BCUT2D eigenvalue weighted by Gasteiger charge is 1.96. The molecule has 0 unspecified atom stereocenters. The Labute approximate surface area is 87.4 Å². The van der Waals surface area contributed by atoms with Gasteiger partial charge in [0.05, 0.1) is 12.8 Å². The van der Waals surface area contributed by atoms with Crippen molar-refractivity contribution in [1.29, 1.82) is 0 Å². The van der Waals surface area contributed by atoms with Crippen molar-refractivity contribution in [2.75, 3.05) is 18.6 Å². The standard InChI is InChI=1S/C10H11N3O2/c1-15-9(14)4-2-3-7-5-8(11)10(12)13-6-7/h5-6H,4,11H2,1H3,(H2,12,13). The maximum Gasteiger partial charge on any atom is 0.317 e. The molecule has 0 aliphatic rings. The Morgan fingerprint density at radius 3 is 2.93 bits per heavy atom. The van der Waals surface area contributed by atoms with Gasteiger partial charge in [-0.15, -0.1) is 0 Å². The lowest BCUT2D eigenvalue weighted by Crippen LogP contribution is -1.98. The van der Waals surface area contributed by atoms with Gasteiger partial charge in [0.2, 0.25) is 0 Å². The first kappa shape index (κ1) is 10.9. The molecule has 1 heterocycles. The molecule has 0 radical (unpaired) electrons. The number of nitrogens with zero attached hydrogens (tertiary/aromatic N) is 1. The van der Waals surface area contributed by atoms with Crippen LogP contribution in [0.2, 0.25) is 0 Å². The van der Waals surface area contributed by atoms with Crippen molar-refractivity contribution >= 4 is 17.5 Å². The quantitative estimate of drug-likeness (QED) is 0.503. The van der Waals surface area contributed by atoms with E-state index in [1.54, 1.807) is 6.07 Å². The summed E-state index contributed by atoms with van der Waals surface area (Å²) in [7, 11) is 1.31. The molecule has 0 aliphatic carbocycles. The van der Waals surface area contributed by atoms with E-state index in [2.05, 4.69) is 21.6 Å². The number of esters is 1. The van der Waals surface area contributed by atoms with Crippen LogP contribution in [0.1, 0.15) is 12.0 Å². The number of carbonyl (C=O) groups excluding carboxylic acids is 1. The van der Waals surface area contributed by atoms with Gasteiger partial charge in [-0.25, -0.2) is 4.98 Å². The Bertz CT molecular complexity index is 432. The third kappa shape index (κ3) is 3.19. The fraction of sp³-hybridized carbons (Fsp3) is 0.200. The fourth-order valence-corrected chi connectivity index (χ4v) is 0.851. The van der Waals surface area contributed by atoms with Gasteiger partial charge in [-0.05, 0) is 6.07 Å². The van der Waals surface area contributed by atoms with Gasteiger partial charge in [0, 0.05) is 11.8 Å². The van der Waals surface area contributed by atoms with E-state index in [9.17, 15) is 4.79 Å². The number of anilines is 2. The minimum absolute atomic E-state index is 0.0424. The van der Waals surface area contributed by atoms with Gasteiger partial charge in [-0.1, -0.05) is 11.8 Å². The number of pyridine rings is 1. The van der Waals surface area contributed by atoms with Crippen LogP contribution in [0, 0.1) is 11.8 Å². The highest BCUT2D eigenvalue weighted by atomic mass is 16.5. The molecule has 0 spiro atoms. The van der Waals surface area contributed by atoms with E-state index in [1.165, 1.54) is 13.3 Å². The summed E-state index contributed by atoms with van der Waals surface area (Å²) in [6.07, 6.45) is 1.54. The van der Waals surface area contributed by atoms with Crippen molar-refractivity contribution < 1.29 is 9.53 Å². The Morgan fingerprint density at radius 1 is 1.60 bits per heavy atom. The molecule has 1 rings (SSSR count). The highest BCUT2D eigenvalue weighted by Crippen LogP contribution is 2.11. The first-order valence-corrected chi connectivity index (χ1v) is 4.20. The predicted octanol–water partition coefficient (Wildman–Crippen LogP) is 0.161. The molecule has 0 atom stereocenters. The number of nitrogen functional groups attached to an aromatic ring is 2. The van der Waals surface area contributed by atoms with Gasteiger partial charge < -0.3 is 16.2 Å². The zero-order chi connectivity index (χ0) is 11.3. The van der Waals surface area contributed by atoms with Crippen molar-refractivity contribution in [2.24, 2.45) is 0 Å². The number of methoxy groups -OCH3 is 1. The van der Waals surface area contributed by atoms with Crippen LogP contribution in [0.5, 0.6) is 0 Å². The van der Waals surface area contributed by atoms with Crippen LogP contribution in [-0.2, 0) is 9.53 Å². The second kappa shape index (κ2) is 4.86. The Hall–Kier alpha value is -2.22. The van der Waals surface area contributed by atoms with Crippen LogP contribution in [-0.4, -0.2) is 18.1 Å². The van der Waals surface area contributed by atoms with Gasteiger partial charge >= 0.3 is 5.97 Å². The van der Waals surface area contributed by atoms with Gasteiger partial charge in [-0.2, -0.15) is 0 Å². The highest BCUT2D eigenvalue weighted by molar-refractivity contribution is 5.72. The van der Waals surface area contributed by atoms with Crippen LogP contribution in [0.25, 0.3) is 0 Å². The molecule has 4 N–H and O–H groups in total. The summed E-state index contributed by atoms with van der Waals surface area (Å²) in [5.74, 6) is 5.26. The Kier molecular flexibility index (Phi) is 3.52. The molecule has 5 nitrogen and oxygen atoms in total. The van der Waals surface area contributed by atoms with Crippen molar-refractivity contribution in [2.45, 2.75) is 6.42 Å². The second-order valence-electron chi connectivity index (χ2n) is 2.75. The summed E-state index contributed by atoms with van der Waals surface area (Å²) in [5, 5.41) is 0. The summed E-state index contributed by atoms with van der Waals surface area (Å²) in [6.45, 7) is 0. The van der Waals surface area contributed by atoms with Crippen molar-refractivity contribution in [3.63, 3.8) is 0 Å². The van der Waals surface area contributed by atoms with E-state index < -0.39 is 0 Å². The van der Waals surface area contributed by atoms with Crippen LogP contribution < -0.4 is 11.5 Å². The van der Waals surface area contributed by atoms with E-state index in [1.807, 2.05) is 0 Å². The molecule has 1 aromatic heterocycles. The summed E-state index contributed by atoms with van der Waals surface area (Å²) in [4.78, 5) is 14.6. The molecule has 0 saturated heterocycles. The molecule has 0 amide bonds. The average molecular weight is 205 g/mol. The van der Waals surface area contributed by atoms with Gasteiger partial charge in [-0.3, -0.25) is 4.79 Å². The normalized spacial score (nSPS) is 8.87. The predicted molar refractivity (Wildman–Crippen MR) is 56.6 cm³/mol. The topological polar surface area (TPSA) is 91.2 Å².